The monoisotopic (exact) mass is 862 g/mol. The first-order chi connectivity index (χ1) is 31.4. The molecule has 0 aliphatic carbocycles. The zero-order valence-corrected chi connectivity index (χ0v) is 40.3. The van der Waals surface area contributed by atoms with E-state index < -0.39 is 0 Å². The van der Waals surface area contributed by atoms with E-state index in [4.69, 9.17) is 8.83 Å². The van der Waals surface area contributed by atoms with Gasteiger partial charge in [0.25, 0.3) is 6.71 Å². The van der Waals surface area contributed by atoms with Crippen molar-refractivity contribution in [1.82, 2.24) is 0 Å². The predicted molar refractivity (Wildman–Crippen MR) is 281 cm³/mol. The lowest BCUT2D eigenvalue weighted by Gasteiger charge is -2.45. The summed E-state index contributed by atoms with van der Waals surface area (Å²) in [6.07, 6.45) is 0. The Hall–Kier alpha value is -6.72. The fourth-order valence-electron chi connectivity index (χ4n) is 10.2. The molecule has 328 valence electrons. The second kappa shape index (κ2) is 14.9. The van der Waals surface area contributed by atoms with E-state index in [9.17, 15) is 0 Å². The molecule has 5 heteroatoms. The molecular weight excluding hydrogens is 803 g/mol. The van der Waals surface area contributed by atoms with E-state index in [1.165, 1.54) is 61.4 Å². The first-order valence-electron chi connectivity index (χ1n) is 23.7. The molecule has 0 unspecified atom stereocenters. The van der Waals surface area contributed by atoms with Crippen molar-refractivity contribution in [1.29, 1.82) is 0 Å². The standard InChI is InChI=1S/C61H59BN2O2/c1-37(2)40-31-52-58-53(32-40)64(47-29-41(56-33-38-16-12-14-18-54(38)65-56)28-42(30-47)57-34-39-17-13-15-19-55(39)66-57)51-27-23-45(61(9,10)11)36-49(51)62(58)48-35-44(60(6,7)8)22-26-50(48)63(52)46-24-20-43(21-25-46)59(3,4)5/h12-37H,1-11H3. The van der Waals surface area contributed by atoms with Crippen molar-refractivity contribution in [3.63, 3.8) is 0 Å². The number of furan rings is 2. The Labute approximate surface area is 391 Å². The average Bonchev–Trinajstić information content (AvgIpc) is 3.93. The molecule has 4 nitrogen and oxygen atoms in total. The molecule has 4 heterocycles. The van der Waals surface area contributed by atoms with Gasteiger partial charge in [-0.05, 0) is 140 Å². The van der Waals surface area contributed by atoms with E-state index in [2.05, 4.69) is 213 Å². The molecule has 2 aromatic heterocycles. The summed E-state index contributed by atoms with van der Waals surface area (Å²) in [5.41, 5.74) is 19.9. The average molecular weight is 863 g/mol. The van der Waals surface area contributed by atoms with E-state index in [0.29, 0.717) is 0 Å². The van der Waals surface area contributed by atoms with Crippen LogP contribution in [0.2, 0.25) is 0 Å². The Kier molecular flexibility index (Phi) is 9.47. The smallest absolute Gasteiger partial charge is 0.252 e. The lowest BCUT2D eigenvalue weighted by atomic mass is 9.33. The first kappa shape index (κ1) is 42.0. The molecule has 2 aliphatic heterocycles. The number of hydrogen-bond acceptors (Lipinski definition) is 4. The van der Waals surface area contributed by atoms with E-state index in [-0.39, 0.29) is 28.9 Å². The summed E-state index contributed by atoms with van der Waals surface area (Å²) in [5.74, 6) is 1.92. The third kappa shape index (κ3) is 6.98. The van der Waals surface area contributed by atoms with Crippen LogP contribution in [0, 0.1) is 0 Å². The number of benzene rings is 7. The van der Waals surface area contributed by atoms with Gasteiger partial charge in [-0.25, -0.2) is 0 Å². The van der Waals surface area contributed by atoms with Crippen molar-refractivity contribution < 1.29 is 8.83 Å². The quantitative estimate of drug-likeness (QED) is 0.161. The molecule has 7 aromatic carbocycles. The lowest BCUT2D eigenvalue weighted by Crippen LogP contribution is -2.61. The fraction of sp³-hybridized carbons (Fsp3) is 0.246. The van der Waals surface area contributed by atoms with Crippen LogP contribution in [0.25, 0.3) is 44.6 Å². The second-order valence-corrected chi connectivity index (χ2v) is 22.1. The van der Waals surface area contributed by atoms with Gasteiger partial charge in [-0.2, -0.15) is 0 Å². The van der Waals surface area contributed by atoms with Crippen LogP contribution in [0.15, 0.2) is 160 Å². The van der Waals surface area contributed by atoms with Gasteiger partial charge in [-0.3, -0.25) is 0 Å². The molecular formula is C61H59BN2O2. The van der Waals surface area contributed by atoms with Crippen LogP contribution in [-0.2, 0) is 16.2 Å². The van der Waals surface area contributed by atoms with E-state index in [1.807, 2.05) is 24.3 Å². The molecule has 0 N–H and O–H groups in total. The molecule has 0 amide bonds. The van der Waals surface area contributed by atoms with E-state index in [1.54, 1.807) is 0 Å². The zero-order valence-electron chi connectivity index (χ0n) is 40.3. The zero-order chi connectivity index (χ0) is 46.0. The third-order valence-electron chi connectivity index (χ3n) is 14.1. The largest absolute Gasteiger partial charge is 0.456 e. The minimum atomic E-state index is -0.0638. The summed E-state index contributed by atoms with van der Waals surface area (Å²) in [4.78, 5) is 5.09. The summed E-state index contributed by atoms with van der Waals surface area (Å²) in [7, 11) is 0. The maximum absolute atomic E-state index is 6.67. The summed E-state index contributed by atoms with van der Waals surface area (Å²) in [6, 6.07) is 56.5. The van der Waals surface area contributed by atoms with Gasteiger partial charge in [0, 0.05) is 56.0 Å². The Morgan fingerprint density at radius 3 is 1.30 bits per heavy atom. The molecule has 0 saturated carbocycles. The van der Waals surface area contributed by atoms with Crippen LogP contribution in [0.3, 0.4) is 0 Å². The second-order valence-electron chi connectivity index (χ2n) is 22.1. The molecule has 9 aromatic rings. The summed E-state index contributed by atoms with van der Waals surface area (Å²) in [6.45, 7) is 25.5. The van der Waals surface area contributed by atoms with Crippen LogP contribution < -0.4 is 26.2 Å². The van der Waals surface area contributed by atoms with E-state index >= 15 is 0 Å². The number of anilines is 6. The molecule has 0 radical (unpaired) electrons. The molecule has 2 aliphatic rings. The van der Waals surface area contributed by atoms with Crippen LogP contribution in [-0.4, -0.2) is 6.71 Å². The van der Waals surface area contributed by atoms with Crippen molar-refractivity contribution in [2.24, 2.45) is 0 Å². The Morgan fingerprint density at radius 2 is 0.864 bits per heavy atom. The molecule has 0 saturated heterocycles. The normalized spacial score (nSPS) is 13.7. The Balaban J connectivity index is 1.24. The molecule has 66 heavy (non-hydrogen) atoms. The number of fused-ring (bicyclic) bond motifs is 6. The molecule has 0 spiro atoms. The molecule has 11 rings (SSSR count). The summed E-state index contributed by atoms with van der Waals surface area (Å²) in [5, 5.41) is 2.15. The van der Waals surface area contributed by atoms with Gasteiger partial charge in [-0.15, -0.1) is 0 Å². The van der Waals surface area contributed by atoms with Gasteiger partial charge in [0.05, 0.1) is 0 Å². The lowest BCUT2D eigenvalue weighted by molar-refractivity contribution is 0.590. The molecule has 0 fully saturated rings. The number of hydrogen-bond donors (Lipinski definition) is 0. The summed E-state index contributed by atoms with van der Waals surface area (Å²) >= 11 is 0. The highest BCUT2D eigenvalue weighted by atomic mass is 16.3. The summed E-state index contributed by atoms with van der Waals surface area (Å²) < 4.78 is 13.3. The van der Waals surface area contributed by atoms with Crippen LogP contribution >= 0.6 is 0 Å². The minimum absolute atomic E-state index is 0.0134. The van der Waals surface area contributed by atoms with Gasteiger partial charge >= 0.3 is 0 Å². The van der Waals surface area contributed by atoms with Crippen LogP contribution in [0.4, 0.5) is 34.1 Å². The maximum Gasteiger partial charge on any atom is 0.252 e. The third-order valence-corrected chi connectivity index (χ3v) is 14.1. The van der Waals surface area contributed by atoms with E-state index in [0.717, 1.165) is 56.0 Å². The van der Waals surface area contributed by atoms with Crippen molar-refractivity contribution >= 4 is 79.2 Å². The van der Waals surface area contributed by atoms with Crippen LogP contribution in [0.5, 0.6) is 0 Å². The Bertz CT molecular complexity index is 3210. The number of para-hydroxylation sites is 2. The SMILES string of the molecule is CC(C)c1cc2c3c(c1)N(c1cc(-c4cc5ccccc5o4)cc(-c4cc5ccccc5o4)c1)c1ccc(C(C)(C)C)cc1B3c1cc(C(C)(C)C)ccc1N2c1ccc(C(C)(C)C)cc1. The van der Waals surface area contributed by atoms with Crippen molar-refractivity contribution in [2.75, 3.05) is 9.80 Å². The van der Waals surface area contributed by atoms with Crippen molar-refractivity contribution in [3.8, 4) is 22.6 Å². The fourth-order valence-corrected chi connectivity index (χ4v) is 10.2. The molecule has 0 atom stereocenters. The number of nitrogens with zero attached hydrogens (tertiary/aromatic N) is 2. The van der Waals surface area contributed by atoms with Crippen LogP contribution in [0.1, 0.15) is 104 Å². The highest BCUT2D eigenvalue weighted by Crippen LogP contribution is 2.48. The predicted octanol–water partition coefficient (Wildman–Crippen LogP) is 15.6. The number of rotatable bonds is 5. The first-order valence-corrected chi connectivity index (χ1v) is 23.7. The van der Waals surface area contributed by atoms with Gasteiger partial charge in [0.15, 0.2) is 0 Å². The van der Waals surface area contributed by atoms with Gasteiger partial charge < -0.3 is 18.6 Å². The topological polar surface area (TPSA) is 32.8 Å². The van der Waals surface area contributed by atoms with Gasteiger partial charge in [-0.1, -0.05) is 149 Å². The van der Waals surface area contributed by atoms with Crippen molar-refractivity contribution in [3.05, 3.63) is 174 Å². The van der Waals surface area contributed by atoms with Gasteiger partial charge in [0.2, 0.25) is 0 Å². The molecule has 0 bridgehead atoms. The highest BCUT2D eigenvalue weighted by Gasteiger charge is 2.45. The van der Waals surface area contributed by atoms with Crippen molar-refractivity contribution in [2.45, 2.75) is 98.3 Å². The maximum atomic E-state index is 6.67. The van der Waals surface area contributed by atoms with Gasteiger partial charge in [0.1, 0.15) is 22.7 Å². The minimum Gasteiger partial charge on any atom is -0.456 e. The highest BCUT2D eigenvalue weighted by molar-refractivity contribution is 7.00. The Morgan fingerprint density at radius 1 is 0.424 bits per heavy atom.